The second-order valence-corrected chi connectivity index (χ2v) is 7.98. The van der Waals surface area contributed by atoms with Crippen molar-refractivity contribution in [3.63, 3.8) is 0 Å². The van der Waals surface area contributed by atoms with Crippen LogP contribution in [0.3, 0.4) is 0 Å². The van der Waals surface area contributed by atoms with Crippen LogP contribution in [0.1, 0.15) is 35.2 Å². The Kier molecular flexibility index (Phi) is 5.97. The number of aromatic nitrogens is 2. The molecule has 1 atom stereocenters. The van der Waals surface area contributed by atoms with Crippen LogP contribution >= 0.6 is 0 Å². The zero-order valence-electron chi connectivity index (χ0n) is 18.1. The number of likely N-dealkylation sites (tertiary alicyclic amines) is 1. The molecule has 2 fully saturated rings. The molecule has 0 radical (unpaired) electrons. The third-order valence-corrected chi connectivity index (χ3v) is 6.08. The first kappa shape index (κ1) is 21.3. The van der Waals surface area contributed by atoms with Gasteiger partial charge in [-0.15, -0.1) is 0 Å². The van der Waals surface area contributed by atoms with Crippen molar-refractivity contribution in [3.8, 4) is 0 Å². The fourth-order valence-corrected chi connectivity index (χ4v) is 4.39. The average molecular weight is 428 g/mol. The molecule has 166 valence electrons. The van der Waals surface area contributed by atoms with E-state index in [0.29, 0.717) is 48.9 Å². The van der Waals surface area contributed by atoms with E-state index >= 15 is 0 Å². The predicted molar refractivity (Wildman–Crippen MR) is 112 cm³/mol. The van der Waals surface area contributed by atoms with Gasteiger partial charge in [0.15, 0.2) is 0 Å². The number of Topliss-reactive ketones (excluding diaryl/α,β-unsaturated/α-hetero) is 1. The SMILES string of the molecule is Cc1nn(C)c(C)c1/C(O)=C1\C(=O)C(=O)N(CCCN2CCOCC2)[C@H]1c1ccco1. The second-order valence-electron chi connectivity index (χ2n) is 7.98. The molecule has 0 aliphatic carbocycles. The van der Waals surface area contributed by atoms with Gasteiger partial charge in [0.1, 0.15) is 17.6 Å². The maximum Gasteiger partial charge on any atom is 0.295 e. The van der Waals surface area contributed by atoms with Crippen LogP contribution in [0.25, 0.3) is 5.76 Å². The number of morpholine rings is 1. The summed E-state index contributed by atoms with van der Waals surface area (Å²) >= 11 is 0. The van der Waals surface area contributed by atoms with Gasteiger partial charge in [-0.3, -0.25) is 19.2 Å². The van der Waals surface area contributed by atoms with Crippen LogP contribution in [0, 0.1) is 13.8 Å². The second kappa shape index (κ2) is 8.68. The molecule has 0 aromatic carbocycles. The van der Waals surface area contributed by atoms with Gasteiger partial charge >= 0.3 is 0 Å². The molecule has 2 aliphatic rings. The van der Waals surface area contributed by atoms with Gasteiger partial charge in [-0.2, -0.15) is 5.10 Å². The summed E-state index contributed by atoms with van der Waals surface area (Å²) in [6, 6.07) is 2.67. The summed E-state index contributed by atoms with van der Waals surface area (Å²) in [5.74, 6) is -1.08. The highest BCUT2D eigenvalue weighted by molar-refractivity contribution is 6.46. The summed E-state index contributed by atoms with van der Waals surface area (Å²) in [6.45, 7) is 7.91. The van der Waals surface area contributed by atoms with Crippen LogP contribution in [0.4, 0.5) is 0 Å². The maximum atomic E-state index is 13.0. The van der Waals surface area contributed by atoms with Crippen molar-refractivity contribution in [2.24, 2.45) is 7.05 Å². The van der Waals surface area contributed by atoms with Gasteiger partial charge in [-0.05, 0) is 32.4 Å². The van der Waals surface area contributed by atoms with E-state index in [1.54, 1.807) is 30.8 Å². The molecule has 1 amide bonds. The van der Waals surface area contributed by atoms with E-state index in [1.807, 2.05) is 6.92 Å². The number of ketones is 1. The number of aliphatic hydroxyl groups excluding tert-OH is 1. The number of carbonyl (C=O) groups excluding carboxylic acids is 2. The van der Waals surface area contributed by atoms with E-state index in [1.165, 1.54) is 11.2 Å². The zero-order valence-corrected chi connectivity index (χ0v) is 18.1. The largest absolute Gasteiger partial charge is 0.507 e. The number of aliphatic hydroxyl groups is 1. The molecule has 31 heavy (non-hydrogen) atoms. The summed E-state index contributed by atoms with van der Waals surface area (Å²) in [4.78, 5) is 29.8. The van der Waals surface area contributed by atoms with Crippen LogP contribution in [-0.4, -0.2) is 75.8 Å². The summed E-state index contributed by atoms with van der Waals surface area (Å²) < 4.78 is 12.6. The lowest BCUT2D eigenvalue weighted by molar-refractivity contribution is -0.140. The van der Waals surface area contributed by atoms with Crippen molar-refractivity contribution >= 4 is 17.4 Å². The molecule has 2 saturated heterocycles. The average Bonchev–Trinajstić information content (AvgIpc) is 3.43. The number of hydrogen-bond acceptors (Lipinski definition) is 7. The molecule has 2 aromatic rings. The molecule has 0 saturated carbocycles. The minimum Gasteiger partial charge on any atom is -0.507 e. The molecular weight excluding hydrogens is 400 g/mol. The van der Waals surface area contributed by atoms with E-state index in [-0.39, 0.29) is 11.3 Å². The number of rotatable bonds is 6. The first-order valence-corrected chi connectivity index (χ1v) is 10.5. The van der Waals surface area contributed by atoms with Crippen LogP contribution in [0.2, 0.25) is 0 Å². The first-order valence-electron chi connectivity index (χ1n) is 10.5. The van der Waals surface area contributed by atoms with E-state index in [9.17, 15) is 14.7 Å². The molecule has 4 rings (SSSR count). The molecule has 2 aliphatic heterocycles. The third kappa shape index (κ3) is 3.90. The summed E-state index contributed by atoms with van der Waals surface area (Å²) in [5.41, 5.74) is 1.83. The highest BCUT2D eigenvalue weighted by Gasteiger charge is 2.47. The molecule has 2 aromatic heterocycles. The van der Waals surface area contributed by atoms with E-state index in [4.69, 9.17) is 9.15 Å². The minimum absolute atomic E-state index is 0.0468. The number of hydrogen-bond donors (Lipinski definition) is 1. The van der Waals surface area contributed by atoms with Crippen LogP contribution in [-0.2, 0) is 21.4 Å². The number of furan rings is 1. The summed E-state index contributed by atoms with van der Waals surface area (Å²) in [5, 5.41) is 15.5. The Balaban J connectivity index is 1.66. The first-order chi connectivity index (χ1) is 14.9. The maximum absolute atomic E-state index is 13.0. The number of amides is 1. The van der Waals surface area contributed by atoms with Gasteiger partial charge in [0.25, 0.3) is 11.7 Å². The summed E-state index contributed by atoms with van der Waals surface area (Å²) in [6.07, 6.45) is 2.21. The lowest BCUT2D eigenvalue weighted by Crippen LogP contribution is -2.38. The fraction of sp³-hybridized carbons (Fsp3) is 0.500. The Morgan fingerprint density at radius 2 is 1.97 bits per heavy atom. The van der Waals surface area contributed by atoms with Crippen molar-refractivity contribution in [1.82, 2.24) is 19.6 Å². The Morgan fingerprint density at radius 1 is 1.23 bits per heavy atom. The Morgan fingerprint density at radius 3 is 2.58 bits per heavy atom. The number of carbonyl (C=O) groups is 2. The van der Waals surface area contributed by atoms with Gasteiger partial charge in [0, 0.05) is 38.9 Å². The van der Waals surface area contributed by atoms with Crippen molar-refractivity contribution in [2.45, 2.75) is 26.3 Å². The topological polar surface area (TPSA) is 101 Å². The van der Waals surface area contributed by atoms with Gasteiger partial charge in [-0.25, -0.2) is 0 Å². The lowest BCUT2D eigenvalue weighted by Gasteiger charge is -2.28. The van der Waals surface area contributed by atoms with E-state index in [0.717, 1.165) is 19.6 Å². The molecule has 1 N–H and O–H groups in total. The summed E-state index contributed by atoms with van der Waals surface area (Å²) in [7, 11) is 1.77. The van der Waals surface area contributed by atoms with Crippen molar-refractivity contribution in [2.75, 3.05) is 39.4 Å². The Labute approximate surface area is 180 Å². The van der Waals surface area contributed by atoms with Crippen LogP contribution < -0.4 is 0 Å². The standard InChI is InChI=1S/C22H28N4O5/c1-14-17(15(2)24(3)23-14)20(27)18-19(16-6-4-11-31-16)26(22(29)21(18)28)8-5-7-25-9-12-30-13-10-25/h4,6,11,19,27H,5,7-10,12-13H2,1-3H3/b20-18+/t19-/m0/s1. The third-order valence-electron chi connectivity index (χ3n) is 6.08. The minimum atomic E-state index is -0.765. The quantitative estimate of drug-likeness (QED) is 0.425. The fourth-order valence-electron chi connectivity index (χ4n) is 4.39. The smallest absolute Gasteiger partial charge is 0.295 e. The molecule has 0 spiro atoms. The van der Waals surface area contributed by atoms with Crippen LogP contribution in [0.15, 0.2) is 28.4 Å². The normalized spacial score (nSPS) is 21.9. The molecule has 0 unspecified atom stereocenters. The van der Waals surface area contributed by atoms with Crippen LogP contribution in [0.5, 0.6) is 0 Å². The van der Waals surface area contributed by atoms with Gasteiger partial charge < -0.3 is 19.2 Å². The molecular formula is C22H28N4O5. The van der Waals surface area contributed by atoms with Gasteiger partial charge in [-0.1, -0.05) is 0 Å². The van der Waals surface area contributed by atoms with Gasteiger partial charge in [0.2, 0.25) is 0 Å². The predicted octanol–water partition coefficient (Wildman–Crippen LogP) is 1.77. The van der Waals surface area contributed by atoms with Crippen molar-refractivity contribution < 1.29 is 23.8 Å². The number of ether oxygens (including phenoxy) is 1. The van der Waals surface area contributed by atoms with E-state index < -0.39 is 17.7 Å². The highest BCUT2D eigenvalue weighted by Crippen LogP contribution is 2.40. The molecule has 4 heterocycles. The van der Waals surface area contributed by atoms with E-state index in [2.05, 4.69) is 10.00 Å². The zero-order chi connectivity index (χ0) is 22.1. The lowest BCUT2D eigenvalue weighted by atomic mass is 9.98. The van der Waals surface area contributed by atoms with Crippen molar-refractivity contribution in [1.29, 1.82) is 0 Å². The monoisotopic (exact) mass is 428 g/mol. The van der Waals surface area contributed by atoms with Gasteiger partial charge in [0.05, 0.1) is 36.3 Å². The van der Waals surface area contributed by atoms with Crippen molar-refractivity contribution in [3.05, 3.63) is 46.7 Å². The molecule has 0 bridgehead atoms. The molecule has 9 nitrogen and oxygen atoms in total. The molecule has 9 heteroatoms. The Hall–Kier alpha value is -2.91. The highest BCUT2D eigenvalue weighted by atomic mass is 16.5. The Bertz CT molecular complexity index is 1000. The number of aryl methyl sites for hydroxylation is 2. The number of nitrogens with zero attached hydrogens (tertiary/aromatic N) is 4.